The lowest BCUT2D eigenvalue weighted by Gasteiger charge is -2.19. The number of nitrogens with zero attached hydrogens (tertiary/aromatic N) is 7. The van der Waals surface area contributed by atoms with E-state index in [1.165, 1.54) is 27.8 Å². The van der Waals surface area contributed by atoms with E-state index >= 15 is 0 Å². The van der Waals surface area contributed by atoms with Crippen LogP contribution >= 0.6 is 0 Å². The maximum absolute atomic E-state index is 6.00. The highest BCUT2D eigenvalue weighted by Crippen LogP contribution is 2.34. The third kappa shape index (κ3) is 10.4. The van der Waals surface area contributed by atoms with E-state index in [1.807, 2.05) is 72.8 Å². The minimum atomic E-state index is 0.0868. The summed E-state index contributed by atoms with van der Waals surface area (Å²) in [6.07, 6.45) is 0. The molecule has 9 heteroatoms. The molecule has 0 aliphatic carbocycles. The molecule has 0 amide bonds. The Morgan fingerprint density at radius 3 is 0.986 bits per heavy atom. The van der Waals surface area contributed by atoms with Crippen molar-refractivity contribution in [3.05, 3.63) is 199 Å². The van der Waals surface area contributed by atoms with E-state index in [2.05, 4.69) is 207 Å². The Bertz CT molecular complexity index is 3160. The van der Waals surface area contributed by atoms with Gasteiger partial charge in [-0.25, -0.2) is 0 Å². The molecule has 9 nitrogen and oxygen atoms in total. The van der Waals surface area contributed by atoms with Gasteiger partial charge in [-0.2, -0.15) is 0 Å². The fraction of sp³-hybridized carbons (Fsp3) is 0.200. The molecule has 10 aromatic rings. The van der Waals surface area contributed by atoms with Crippen molar-refractivity contribution in [3.63, 3.8) is 0 Å². The number of aromatic nitrogens is 7. The van der Waals surface area contributed by atoms with Crippen molar-refractivity contribution in [2.24, 2.45) is 0 Å². The molecular formula is C60H57N7O2. The number of para-hydroxylation sites is 1. The van der Waals surface area contributed by atoms with Gasteiger partial charge in [-0.1, -0.05) is 190 Å². The molecule has 69 heavy (non-hydrogen) atoms. The minimum absolute atomic E-state index is 0.0868. The number of hydrogen-bond donors (Lipinski definition) is 0. The molecular weight excluding hydrogens is 851 g/mol. The van der Waals surface area contributed by atoms with Gasteiger partial charge in [0.05, 0.1) is 0 Å². The maximum atomic E-state index is 6.00. The van der Waals surface area contributed by atoms with E-state index in [0.29, 0.717) is 23.6 Å². The molecule has 0 N–H and O–H groups in total. The second-order valence-electron chi connectivity index (χ2n) is 20.3. The van der Waals surface area contributed by atoms with E-state index in [9.17, 15) is 0 Å². The number of benzene rings is 7. The Morgan fingerprint density at radius 2 is 0.594 bits per heavy atom. The first kappa shape index (κ1) is 46.1. The highest BCUT2D eigenvalue weighted by atomic mass is 16.4. The van der Waals surface area contributed by atoms with E-state index in [-0.39, 0.29) is 16.2 Å². The Balaban J connectivity index is 0.000000172. The van der Waals surface area contributed by atoms with Gasteiger partial charge < -0.3 is 8.83 Å². The summed E-state index contributed by atoms with van der Waals surface area (Å²) in [5.74, 6) is 3.50. The first-order chi connectivity index (χ1) is 33.1. The number of rotatable bonds is 8. The second kappa shape index (κ2) is 18.9. The molecule has 0 aliphatic rings. The minimum Gasteiger partial charge on any atom is -0.416 e. The summed E-state index contributed by atoms with van der Waals surface area (Å²) in [4.78, 5) is 0. The van der Waals surface area contributed by atoms with Crippen LogP contribution in [0, 0.1) is 0 Å². The van der Waals surface area contributed by atoms with Crippen molar-refractivity contribution >= 4 is 0 Å². The smallest absolute Gasteiger partial charge is 0.248 e. The normalized spacial score (nSPS) is 11.8. The molecule has 0 unspecified atom stereocenters. The number of hydrogen-bond acceptors (Lipinski definition) is 8. The summed E-state index contributed by atoms with van der Waals surface area (Å²) in [7, 11) is 0. The van der Waals surface area contributed by atoms with Crippen LogP contribution in [0.1, 0.15) is 79.0 Å². The van der Waals surface area contributed by atoms with Crippen LogP contribution in [0.4, 0.5) is 0 Å². The monoisotopic (exact) mass is 907 g/mol. The predicted octanol–water partition coefficient (Wildman–Crippen LogP) is 15.3. The zero-order valence-electron chi connectivity index (χ0n) is 40.8. The van der Waals surface area contributed by atoms with Crippen LogP contribution in [-0.4, -0.2) is 35.2 Å². The lowest BCUT2D eigenvalue weighted by molar-refractivity contribution is 0.580. The summed E-state index contributed by atoms with van der Waals surface area (Å²) in [6, 6.07) is 62.1. The van der Waals surface area contributed by atoms with Crippen LogP contribution in [0.3, 0.4) is 0 Å². The van der Waals surface area contributed by atoms with Gasteiger partial charge in [-0.05, 0) is 98.7 Å². The quantitative estimate of drug-likeness (QED) is 0.148. The van der Waals surface area contributed by atoms with Gasteiger partial charge in [-0.15, -0.1) is 30.6 Å². The molecule has 0 saturated carbocycles. The molecule has 0 aliphatic heterocycles. The van der Waals surface area contributed by atoms with Gasteiger partial charge in [-0.3, -0.25) is 4.57 Å². The zero-order valence-corrected chi connectivity index (χ0v) is 40.8. The fourth-order valence-corrected chi connectivity index (χ4v) is 7.97. The van der Waals surface area contributed by atoms with Crippen LogP contribution in [-0.2, 0) is 16.2 Å². The highest BCUT2D eigenvalue weighted by molar-refractivity contribution is 5.71. The average molecular weight is 908 g/mol. The molecule has 3 aromatic heterocycles. The lowest BCUT2D eigenvalue weighted by atomic mass is 9.86. The first-order valence-corrected chi connectivity index (χ1v) is 23.4. The van der Waals surface area contributed by atoms with Crippen molar-refractivity contribution in [2.75, 3.05) is 0 Å². The van der Waals surface area contributed by atoms with Crippen LogP contribution in [0.2, 0.25) is 0 Å². The summed E-state index contributed by atoms with van der Waals surface area (Å²) in [6.45, 7) is 19.8. The molecule has 0 fully saturated rings. The van der Waals surface area contributed by atoms with E-state index in [1.54, 1.807) is 0 Å². The molecule has 344 valence electrons. The molecule has 0 spiro atoms. The molecule has 7 aromatic carbocycles. The SMILES string of the molecule is CC(C)(C)c1ccc(-c2nnc(-c3ccc(-c4ccccc4)cc3)n2-c2ccccc2)cc1.CC(C)(C)c1ccc(-c2nnc(-c3cccc(-c4nnc(-c5ccc(C(C)(C)C)cc5)o4)c3)o2)cc1. The van der Waals surface area contributed by atoms with Crippen molar-refractivity contribution in [1.29, 1.82) is 0 Å². The van der Waals surface area contributed by atoms with Crippen molar-refractivity contribution < 1.29 is 8.83 Å². The van der Waals surface area contributed by atoms with Crippen LogP contribution in [0.25, 0.3) is 85.4 Å². The summed E-state index contributed by atoms with van der Waals surface area (Å²) >= 11 is 0. The molecule has 0 radical (unpaired) electrons. The van der Waals surface area contributed by atoms with Crippen molar-refractivity contribution in [2.45, 2.75) is 78.6 Å². The van der Waals surface area contributed by atoms with Crippen molar-refractivity contribution in [3.8, 4) is 85.4 Å². The van der Waals surface area contributed by atoms with Crippen molar-refractivity contribution in [1.82, 2.24) is 35.2 Å². The molecule has 0 bridgehead atoms. The van der Waals surface area contributed by atoms with Gasteiger partial charge in [0.2, 0.25) is 23.6 Å². The summed E-state index contributed by atoms with van der Waals surface area (Å²) in [5.41, 5.74) is 12.9. The third-order valence-corrected chi connectivity index (χ3v) is 12.1. The fourth-order valence-electron chi connectivity index (χ4n) is 7.97. The Hall–Kier alpha value is -8.04. The van der Waals surface area contributed by atoms with E-state index in [0.717, 1.165) is 50.7 Å². The largest absolute Gasteiger partial charge is 0.416 e. The van der Waals surface area contributed by atoms with Crippen LogP contribution < -0.4 is 0 Å². The van der Waals surface area contributed by atoms with Crippen LogP contribution in [0.15, 0.2) is 191 Å². The Labute approximate surface area is 405 Å². The third-order valence-electron chi connectivity index (χ3n) is 12.1. The van der Waals surface area contributed by atoms with E-state index in [4.69, 9.17) is 8.83 Å². The second-order valence-corrected chi connectivity index (χ2v) is 20.3. The molecule has 10 rings (SSSR count). The maximum Gasteiger partial charge on any atom is 0.248 e. The van der Waals surface area contributed by atoms with Gasteiger partial charge in [0.25, 0.3) is 0 Å². The molecule has 0 saturated heterocycles. The van der Waals surface area contributed by atoms with E-state index < -0.39 is 0 Å². The topological polar surface area (TPSA) is 109 Å². The molecule has 0 atom stereocenters. The zero-order chi connectivity index (χ0) is 48.3. The standard InChI is InChI=1S/C30H30N4O2.C30H27N3/c1-29(2,3)23-14-10-19(11-15-23)25-31-33-27(35-25)21-8-7-9-22(18-21)28-34-32-26(36-28)20-12-16-24(17-13-20)30(4,5)6;1-30(2,3)26-20-18-25(19-21-26)29-32-31-28(33(29)27-12-8-5-9-13-27)24-16-14-23(15-17-24)22-10-6-4-7-11-22/h7-18H,1-6H3;4-21H,1-3H3. The van der Waals surface area contributed by atoms with Gasteiger partial charge in [0.1, 0.15) is 0 Å². The lowest BCUT2D eigenvalue weighted by Crippen LogP contribution is -2.10. The molecule has 3 heterocycles. The first-order valence-electron chi connectivity index (χ1n) is 23.4. The van der Waals surface area contributed by atoms with Gasteiger partial charge in [0.15, 0.2) is 11.6 Å². The highest BCUT2D eigenvalue weighted by Gasteiger charge is 2.21. The summed E-state index contributed by atoms with van der Waals surface area (Å²) in [5, 5.41) is 26.3. The predicted molar refractivity (Wildman–Crippen MR) is 278 cm³/mol. The van der Waals surface area contributed by atoms with Gasteiger partial charge >= 0.3 is 0 Å². The van der Waals surface area contributed by atoms with Crippen LogP contribution in [0.5, 0.6) is 0 Å². The van der Waals surface area contributed by atoms with Gasteiger partial charge in [0, 0.05) is 39.1 Å². The Kier molecular flexibility index (Phi) is 12.6. The Morgan fingerprint density at radius 1 is 0.290 bits per heavy atom. The summed E-state index contributed by atoms with van der Waals surface area (Å²) < 4.78 is 14.1. The average Bonchev–Trinajstić information content (AvgIpc) is 4.16.